The number of amides is 2. The number of urea groups is 1. The number of nitrogens with zero attached hydrogens (tertiary/aromatic N) is 2. The van der Waals surface area contributed by atoms with Crippen LogP contribution in [0.2, 0.25) is 0 Å². The zero-order valence-corrected chi connectivity index (χ0v) is 12.0. The van der Waals surface area contributed by atoms with Gasteiger partial charge in [-0.3, -0.25) is 0 Å². The molecule has 1 aliphatic heterocycles. The van der Waals surface area contributed by atoms with Crippen molar-refractivity contribution in [2.24, 2.45) is 0 Å². The van der Waals surface area contributed by atoms with Crippen molar-refractivity contribution in [3.63, 3.8) is 0 Å². The fourth-order valence-electron chi connectivity index (χ4n) is 2.32. The summed E-state index contributed by atoms with van der Waals surface area (Å²) in [5.74, 6) is 0.406. The third-order valence-corrected chi connectivity index (χ3v) is 3.61. The van der Waals surface area contributed by atoms with Crippen LogP contribution in [0.25, 0.3) is 0 Å². The van der Waals surface area contributed by atoms with Crippen molar-refractivity contribution in [3.05, 3.63) is 29.8 Å². The van der Waals surface area contributed by atoms with Gasteiger partial charge in [0, 0.05) is 31.9 Å². The van der Waals surface area contributed by atoms with E-state index in [1.165, 1.54) is 5.56 Å². The number of carbonyl (C=O) groups is 1. The Hall–Kier alpha value is -1.55. The van der Waals surface area contributed by atoms with Crippen LogP contribution in [-0.2, 0) is 0 Å². The molecule has 0 aromatic heterocycles. The minimum atomic E-state index is 0.0150. The van der Waals surface area contributed by atoms with Gasteiger partial charge in [-0.05, 0) is 24.6 Å². The number of rotatable bonds is 2. The third-order valence-electron chi connectivity index (χ3n) is 3.61. The van der Waals surface area contributed by atoms with Gasteiger partial charge in [0.25, 0.3) is 0 Å². The van der Waals surface area contributed by atoms with Crippen molar-refractivity contribution in [2.45, 2.75) is 19.8 Å². The summed E-state index contributed by atoms with van der Waals surface area (Å²) in [4.78, 5) is 16.4. The van der Waals surface area contributed by atoms with E-state index in [1.807, 2.05) is 23.1 Å². The van der Waals surface area contributed by atoms with E-state index in [2.05, 4.69) is 37.2 Å². The lowest BCUT2D eigenvalue weighted by atomic mass is 10.0. The molecule has 0 atom stereocenters. The van der Waals surface area contributed by atoms with Gasteiger partial charge in [-0.1, -0.05) is 32.0 Å². The maximum absolute atomic E-state index is 12.2. The van der Waals surface area contributed by atoms with Crippen molar-refractivity contribution in [2.75, 3.05) is 38.5 Å². The van der Waals surface area contributed by atoms with Crippen molar-refractivity contribution >= 4 is 11.7 Å². The summed E-state index contributed by atoms with van der Waals surface area (Å²) in [6.07, 6.45) is 0. The van der Waals surface area contributed by atoms with E-state index in [9.17, 15) is 4.79 Å². The molecule has 1 heterocycles. The topological polar surface area (TPSA) is 35.6 Å². The molecule has 2 amide bonds. The first-order chi connectivity index (χ1) is 9.08. The van der Waals surface area contributed by atoms with Crippen LogP contribution in [0, 0.1) is 0 Å². The quantitative estimate of drug-likeness (QED) is 0.888. The van der Waals surface area contributed by atoms with E-state index in [0.717, 1.165) is 31.9 Å². The highest BCUT2D eigenvalue weighted by Crippen LogP contribution is 2.24. The predicted molar refractivity (Wildman–Crippen MR) is 78.6 cm³/mol. The monoisotopic (exact) mass is 261 g/mol. The molecular weight excluding hydrogens is 238 g/mol. The highest BCUT2D eigenvalue weighted by atomic mass is 16.2. The molecular formula is C15H23N3O. The Bertz CT molecular complexity index is 437. The molecule has 0 saturated carbocycles. The summed E-state index contributed by atoms with van der Waals surface area (Å²) >= 11 is 0. The van der Waals surface area contributed by atoms with Crippen LogP contribution in [0.3, 0.4) is 0 Å². The first-order valence-corrected chi connectivity index (χ1v) is 6.91. The number of hydrogen-bond donors (Lipinski definition) is 1. The smallest absolute Gasteiger partial charge is 0.321 e. The summed E-state index contributed by atoms with van der Waals surface area (Å²) in [6.45, 7) is 7.76. The highest BCUT2D eigenvalue weighted by molar-refractivity contribution is 5.90. The maximum Gasteiger partial charge on any atom is 0.321 e. The first kappa shape index (κ1) is 13.9. The molecule has 1 aliphatic rings. The zero-order valence-electron chi connectivity index (χ0n) is 12.0. The number of nitrogens with one attached hydrogen (secondary N) is 1. The summed E-state index contributed by atoms with van der Waals surface area (Å²) in [6, 6.07) is 8.04. The molecule has 1 saturated heterocycles. The molecule has 4 heteroatoms. The van der Waals surface area contributed by atoms with Crippen LogP contribution < -0.4 is 5.32 Å². The molecule has 4 nitrogen and oxygen atoms in total. The largest absolute Gasteiger partial charge is 0.322 e. The molecule has 0 unspecified atom stereocenters. The average molecular weight is 261 g/mol. The second kappa shape index (κ2) is 6.06. The first-order valence-electron chi connectivity index (χ1n) is 6.91. The van der Waals surface area contributed by atoms with Gasteiger partial charge in [0.05, 0.1) is 0 Å². The Balaban J connectivity index is 2.03. The standard InChI is InChI=1S/C15H23N3O/c1-12(2)13-6-4-5-7-14(13)16-15(19)18-10-8-17(3)9-11-18/h4-7,12H,8-11H2,1-3H3,(H,16,19). The Morgan fingerprint density at radius 1 is 1.16 bits per heavy atom. The van der Waals surface area contributed by atoms with Crippen molar-refractivity contribution in [1.29, 1.82) is 0 Å². The predicted octanol–water partition coefficient (Wildman–Crippen LogP) is 2.59. The number of hydrogen-bond acceptors (Lipinski definition) is 2. The molecule has 0 aliphatic carbocycles. The van der Waals surface area contributed by atoms with E-state index in [-0.39, 0.29) is 6.03 Å². The van der Waals surface area contributed by atoms with Crippen LogP contribution >= 0.6 is 0 Å². The van der Waals surface area contributed by atoms with E-state index in [4.69, 9.17) is 0 Å². The summed E-state index contributed by atoms with van der Waals surface area (Å²) in [5.41, 5.74) is 2.12. The fraction of sp³-hybridized carbons (Fsp3) is 0.533. The van der Waals surface area contributed by atoms with Gasteiger partial charge in [-0.2, -0.15) is 0 Å². The highest BCUT2D eigenvalue weighted by Gasteiger charge is 2.19. The lowest BCUT2D eigenvalue weighted by Crippen LogP contribution is -2.48. The van der Waals surface area contributed by atoms with Gasteiger partial charge in [-0.15, -0.1) is 0 Å². The van der Waals surface area contributed by atoms with Crippen LogP contribution in [0.4, 0.5) is 10.5 Å². The summed E-state index contributed by atoms with van der Waals surface area (Å²) in [5, 5.41) is 3.04. The molecule has 104 valence electrons. The van der Waals surface area contributed by atoms with E-state index in [0.29, 0.717) is 5.92 Å². The lowest BCUT2D eigenvalue weighted by Gasteiger charge is -2.32. The maximum atomic E-state index is 12.2. The fourth-order valence-corrected chi connectivity index (χ4v) is 2.32. The van der Waals surface area contributed by atoms with Crippen molar-refractivity contribution in [1.82, 2.24) is 9.80 Å². The van der Waals surface area contributed by atoms with Gasteiger partial charge in [0.15, 0.2) is 0 Å². The third kappa shape index (κ3) is 3.47. The summed E-state index contributed by atoms with van der Waals surface area (Å²) in [7, 11) is 2.09. The SMILES string of the molecule is CC(C)c1ccccc1NC(=O)N1CCN(C)CC1. The van der Waals surface area contributed by atoms with Gasteiger partial charge in [0.1, 0.15) is 0 Å². The number of carbonyl (C=O) groups excluding carboxylic acids is 1. The minimum absolute atomic E-state index is 0.0150. The average Bonchev–Trinajstić information content (AvgIpc) is 2.39. The Morgan fingerprint density at radius 3 is 2.42 bits per heavy atom. The number of para-hydroxylation sites is 1. The Labute approximate surface area is 115 Å². The van der Waals surface area contributed by atoms with Crippen LogP contribution in [0.1, 0.15) is 25.3 Å². The molecule has 1 N–H and O–H groups in total. The second-order valence-corrected chi connectivity index (χ2v) is 5.46. The van der Waals surface area contributed by atoms with Gasteiger partial charge in [0.2, 0.25) is 0 Å². The summed E-state index contributed by atoms with van der Waals surface area (Å²) < 4.78 is 0. The molecule has 1 aromatic carbocycles. The minimum Gasteiger partial charge on any atom is -0.322 e. The molecule has 19 heavy (non-hydrogen) atoms. The van der Waals surface area contributed by atoms with Crippen LogP contribution in [-0.4, -0.2) is 49.1 Å². The number of likely N-dealkylation sites (N-methyl/N-ethyl adjacent to an activating group) is 1. The van der Waals surface area contributed by atoms with Gasteiger partial charge >= 0.3 is 6.03 Å². The van der Waals surface area contributed by atoms with Crippen molar-refractivity contribution in [3.8, 4) is 0 Å². The molecule has 0 bridgehead atoms. The Morgan fingerprint density at radius 2 is 1.79 bits per heavy atom. The van der Waals surface area contributed by atoms with Crippen molar-refractivity contribution < 1.29 is 4.79 Å². The van der Waals surface area contributed by atoms with Gasteiger partial charge in [-0.25, -0.2) is 4.79 Å². The van der Waals surface area contributed by atoms with E-state index < -0.39 is 0 Å². The number of anilines is 1. The van der Waals surface area contributed by atoms with Crippen LogP contribution in [0.15, 0.2) is 24.3 Å². The molecule has 2 rings (SSSR count). The number of piperazine rings is 1. The van der Waals surface area contributed by atoms with E-state index in [1.54, 1.807) is 0 Å². The molecule has 0 radical (unpaired) electrons. The molecule has 1 aromatic rings. The van der Waals surface area contributed by atoms with E-state index >= 15 is 0 Å². The Kier molecular flexibility index (Phi) is 4.43. The van der Waals surface area contributed by atoms with Crippen LogP contribution in [0.5, 0.6) is 0 Å². The lowest BCUT2D eigenvalue weighted by molar-refractivity contribution is 0.164. The normalized spacial score (nSPS) is 16.7. The van der Waals surface area contributed by atoms with Gasteiger partial charge < -0.3 is 15.1 Å². The number of benzene rings is 1. The zero-order chi connectivity index (χ0) is 13.8. The second-order valence-electron chi connectivity index (χ2n) is 5.46. The molecule has 0 spiro atoms. The molecule has 1 fully saturated rings.